The van der Waals surface area contributed by atoms with E-state index < -0.39 is 0 Å². The Hall–Kier alpha value is -0.970. The molecule has 5 nitrogen and oxygen atoms in total. The molecule has 0 radical (unpaired) electrons. The van der Waals surface area contributed by atoms with Gasteiger partial charge in [-0.25, -0.2) is 0 Å². The van der Waals surface area contributed by atoms with E-state index in [1.54, 1.807) is 4.80 Å². The van der Waals surface area contributed by atoms with E-state index in [4.69, 9.17) is 0 Å². The maximum absolute atomic E-state index is 4.46. The number of rotatable bonds is 1. The van der Waals surface area contributed by atoms with Crippen LogP contribution in [0.3, 0.4) is 0 Å². The molecular weight excluding hydrogens is 190 g/mol. The van der Waals surface area contributed by atoms with E-state index >= 15 is 0 Å². The van der Waals surface area contributed by atoms with Gasteiger partial charge in [-0.3, -0.25) is 0 Å². The standard InChI is InChI=1S/C10H19N5/c1-10(2,3)15-13-9(12-14-15)8-5-4-6-11-7-8/h8,11H,4-7H2,1-3H3. The normalized spacial score (nSPS) is 23.0. The largest absolute Gasteiger partial charge is 0.316 e. The van der Waals surface area contributed by atoms with Crippen molar-refractivity contribution in [3.05, 3.63) is 5.82 Å². The number of nitrogens with one attached hydrogen (secondary N) is 1. The van der Waals surface area contributed by atoms with Crippen molar-refractivity contribution >= 4 is 0 Å². The number of hydrogen-bond donors (Lipinski definition) is 1. The molecule has 2 heterocycles. The quantitative estimate of drug-likeness (QED) is 0.746. The topological polar surface area (TPSA) is 55.6 Å². The lowest BCUT2D eigenvalue weighted by Gasteiger charge is -2.20. The van der Waals surface area contributed by atoms with Crippen molar-refractivity contribution < 1.29 is 0 Å². The first kappa shape index (κ1) is 10.5. The summed E-state index contributed by atoms with van der Waals surface area (Å²) in [6.45, 7) is 8.34. The molecule has 1 unspecified atom stereocenters. The highest BCUT2D eigenvalue weighted by molar-refractivity contribution is 4.95. The van der Waals surface area contributed by atoms with E-state index in [9.17, 15) is 0 Å². The van der Waals surface area contributed by atoms with E-state index in [-0.39, 0.29) is 5.54 Å². The second-order valence-electron chi connectivity index (χ2n) is 5.15. The van der Waals surface area contributed by atoms with Gasteiger partial charge in [0.2, 0.25) is 0 Å². The molecule has 0 amide bonds. The maximum Gasteiger partial charge on any atom is 0.179 e. The minimum absolute atomic E-state index is 0.0760. The van der Waals surface area contributed by atoms with Crippen molar-refractivity contribution in [3.8, 4) is 0 Å². The molecule has 1 saturated heterocycles. The second-order valence-corrected chi connectivity index (χ2v) is 5.15. The minimum Gasteiger partial charge on any atom is -0.316 e. The molecule has 0 aromatic carbocycles. The van der Waals surface area contributed by atoms with E-state index in [1.165, 1.54) is 12.8 Å². The van der Waals surface area contributed by atoms with Crippen molar-refractivity contribution in [1.29, 1.82) is 0 Å². The molecule has 15 heavy (non-hydrogen) atoms. The lowest BCUT2D eigenvalue weighted by Crippen LogP contribution is -2.29. The van der Waals surface area contributed by atoms with Crippen LogP contribution in [-0.2, 0) is 5.54 Å². The summed E-state index contributed by atoms with van der Waals surface area (Å²) in [5.74, 6) is 1.33. The fourth-order valence-corrected chi connectivity index (χ4v) is 1.74. The fraction of sp³-hybridized carbons (Fsp3) is 0.900. The third kappa shape index (κ3) is 2.34. The van der Waals surface area contributed by atoms with E-state index in [0.717, 1.165) is 18.9 Å². The number of hydrogen-bond acceptors (Lipinski definition) is 4. The number of nitrogens with zero attached hydrogens (tertiary/aromatic N) is 4. The van der Waals surface area contributed by atoms with Crippen LogP contribution >= 0.6 is 0 Å². The van der Waals surface area contributed by atoms with Crippen LogP contribution < -0.4 is 5.32 Å². The summed E-state index contributed by atoms with van der Waals surface area (Å²) in [5, 5.41) is 16.1. The Bertz CT molecular complexity index is 319. The molecule has 0 saturated carbocycles. The van der Waals surface area contributed by atoms with Gasteiger partial charge in [-0.1, -0.05) is 0 Å². The van der Waals surface area contributed by atoms with Crippen molar-refractivity contribution in [1.82, 2.24) is 25.5 Å². The summed E-state index contributed by atoms with van der Waals surface area (Å²) in [6.07, 6.45) is 2.37. The van der Waals surface area contributed by atoms with Gasteiger partial charge in [0.15, 0.2) is 5.82 Å². The molecule has 1 aliphatic rings. The van der Waals surface area contributed by atoms with E-state index in [0.29, 0.717) is 5.92 Å². The summed E-state index contributed by atoms with van der Waals surface area (Å²) in [6, 6.07) is 0. The molecule has 2 rings (SSSR count). The van der Waals surface area contributed by atoms with Crippen LogP contribution in [0.5, 0.6) is 0 Å². The molecule has 1 aromatic heterocycles. The van der Waals surface area contributed by atoms with Crippen LogP contribution in [0.1, 0.15) is 45.4 Å². The predicted octanol–water partition coefficient (Wildman–Crippen LogP) is 0.895. The predicted molar refractivity (Wildman–Crippen MR) is 57.7 cm³/mol. The molecule has 0 bridgehead atoms. The van der Waals surface area contributed by atoms with Gasteiger partial charge in [0.25, 0.3) is 0 Å². The van der Waals surface area contributed by atoms with Crippen LogP contribution in [0, 0.1) is 0 Å². The lowest BCUT2D eigenvalue weighted by molar-refractivity contribution is 0.304. The third-order valence-corrected chi connectivity index (χ3v) is 2.69. The third-order valence-electron chi connectivity index (χ3n) is 2.69. The first-order chi connectivity index (χ1) is 7.07. The van der Waals surface area contributed by atoms with Crippen molar-refractivity contribution in [2.24, 2.45) is 0 Å². The van der Waals surface area contributed by atoms with Gasteiger partial charge >= 0.3 is 0 Å². The fourth-order valence-electron chi connectivity index (χ4n) is 1.74. The average Bonchev–Trinajstić information content (AvgIpc) is 2.67. The smallest absolute Gasteiger partial charge is 0.179 e. The SMILES string of the molecule is CC(C)(C)n1nnc(C2CCCNC2)n1. The molecule has 5 heteroatoms. The zero-order chi connectivity index (χ0) is 10.9. The first-order valence-corrected chi connectivity index (χ1v) is 5.58. The van der Waals surface area contributed by atoms with Gasteiger partial charge < -0.3 is 5.32 Å². The summed E-state index contributed by atoms with van der Waals surface area (Å²) in [7, 11) is 0. The Balaban J connectivity index is 2.12. The Morgan fingerprint density at radius 3 is 2.73 bits per heavy atom. The van der Waals surface area contributed by atoms with Crippen LogP contribution in [0.25, 0.3) is 0 Å². The van der Waals surface area contributed by atoms with Gasteiger partial charge in [0, 0.05) is 12.5 Å². The van der Waals surface area contributed by atoms with Gasteiger partial charge in [0.05, 0.1) is 5.54 Å². The average molecular weight is 209 g/mol. The van der Waals surface area contributed by atoms with Gasteiger partial charge in [-0.15, -0.1) is 10.2 Å². The Morgan fingerprint density at radius 1 is 1.40 bits per heavy atom. The van der Waals surface area contributed by atoms with Gasteiger partial charge in [-0.2, -0.15) is 4.80 Å². The lowest BCUT2D eigenvalue weighted by atomic mass is 9.99. The van der Waals surface area contributed by atoms with Crippen molar-refractivity contribution in [3.63, 3.8) is 0 Å². The minimum atomic E-state index is -0.0760. The molecule has 84 valence electrons. The van der Waals surface area contributed by atoms with Crippen LogP contribution in [0.15, 0.2) is 0 Å². The summed E-state index contributed by atoms with van der Waals surface area (Å²) < 4.78 is 0. The van der Waals surface area contributed by atoms with Crippen molar-refractivity contribution in [2.45, 2.75) is 45.1 Å². The summed E-state index contributed by atoms with van der Waals surface area (Å²) in [4.78, 5) is 1.71. The highest BCUT2D eigenvalue weighted by Crippen LogP contribution is 2.20. The van der Waals surface area contributed by atoms with Gasteiger partial charge in [-0.05, 0) is 45.4 Å². The number of aromatic nitrogens is 4. The highest BCUT2D eigenvalue weighted by atomic mass is 15.6. The Labute approximate surface area is 90.2 Å². The molecule has 1 aromatic rings. The molecule has 1 fully saturated rings. The molecule has 1 atom stereocenters. The van der Waals surface area contributed by atoms with Crippen LogP contribution in [-0.4, -0.2) is 33.3 Å². The highest BCUT2D eigenvalue weighted by Gasteiger charge is 2.23. The van der Waals surface area contributed by atoms with Crippen molar-refractivity contribution in [2.75, 3.05) is 13.1 Å². The Morgan fingerprint density at radius 2 is 2.20 bits per heavy atom. The zero-order valence-electron chi connectivity index (χ0n) is 9.69. The van der Waals surface area contributed by atoms with Crippen LogP contribution in [0.4, 0.5) is 0 Å². The molecule has 1 N–H and O–H groups in total. The second kappa shape index (κ2) is 3.89. The summed E-state index contributed by atoms with van der Waals surface area (Å²) >= 11 is 0. The van der Waals surface area contributed by atoms with E-state index in [1.807, 2.05) is 0 Å². The molecule has 1 aliphatic heterocycles. The maximum atomic E-state index is 4.46. The molecular formula is C10H19N5. The van der Waals surface area contributed by atoms with Crippen LogP contribution in [0.2, 0.25) is 0 Å². The first-order valence-electron chi connectivity index (χ1n) is 5.58. The number of piperidine rings is 1. The zero-order valence-corrected chi connectivity index (χ0v) is 9.69. The molecule has 0 spiro atoms. The van der Waals surface area contributed by atoms with E-state index in [2.05, 4.69) is 41.5 Å². The summed E-state index contributed by atoms with van der Waals surface area (Å²) in [5.41, 5.74) is -0.0760. The monoisotopic (exact) mass is 209 g/mol. The number of tetrazole rings is 1. The van der Waals surface area contributed by atoms with Gasteiger partial charge in [0.1, 0.15) is 0 Å². The molecule has 0 aliphatic carbocycles. The Kier molecular flexibility index (Phi) is 2.73.